The van der Waals surface area contributed by atoms with Crippen molar-refractivity contribution in [1.82, 2.24) is 0 Å². The van der Waals surface area contributed by atoms with E-state index in [1.54, 1.807) is 0 Å². The minimum atomic E-state index is -0.418. The molecule has 1 spiro atoms. The van der Waals surface area contributed by atoms with E-state index < -0.39 is 5.79 Å². The van der Waals surface area contributed by atoms with Gasteiger partial charge in [0, 0.05) is 12.8 Å². The average molecular weight is 365 g/mol. The quantitative estimate of drug-likeness (QED) is 0.749. The van der Waals surface area contributed by atoms with Crippen molar-refractivity contribution in [2.45, 2.75) is 83.7 Å². The van der Waals surface area contributed by atoms with Gasteiger partial charge in [-0.1, -0.05) is 13.8 Å². The Kier molecular flexibility index (Phi) is 3.91. The predicted molar refractivity (Wildman–Crippen MR) is 98.3 cm³/mol. The third-order valence-corrected chi connectivity index (χ3v) is 9.82. The molecule has 4 aliphatic carbocycles. The molecule has 1 saturated heterocycles. The van der Waals surface area contributed by atoms with Crippen LogP contribution in [0.4, 0.5) is 0 Å². The molecular weight excluding hydrogens is 328 g/mol. The van der Waals surface area contributed by atoms with Gasteiger partial charge in [0.1, 0.15) is 0 Å². The summed E-state index contributed by atoms with van der Waals surface area (Å²) in [6.45, 7) is 8.27. The molecule has 2 N–H and O–H groups in total. The molecule has 26 heavy (non-hydrogen) atoms. The fourth-order valence-corrected chi connectivity index (χ4v) is 8.60. The van der Waals surface area contributed by atoms with Crippen molar-refractivity contribution in [2.75, 3.05) is 13.2 Å². The third kappa shape index (κ3) is 2.22. The number of ether oxygens (including phenoxy) is 2. The molecule has 0 bridgehead atoms. The van der Waals surface area contributed by atoms with Gasteiger partial charge in [-0.15, -0.1) is 0 Å². The lowest BCUT2D eigenvalue weighted by Crippen LogP contribution is -2.56. The molecule has 5 aliphatic rings. The van der Waals surface area contributed by atoms with Crippen molar-refractivity contribution >= 4 is 0 Å². The summed E-state index contributed by atoms with van der Waals surface area (Å²) in [6.07, 6.45) is 7.03. The van der Waals surface area contributed by atoms with Gasteiger partial charge in [0.25, 0.3) is 0 Å². The summed E-state index contributed by atoms with van der Waals surface area (Å²) < 4.78 is 12.0. The number of aliphatic hydroxyl groups excluding tert-OH is 2. The van der Waals surface area contributed by atoms with Crippen LogP contribution in [0.1, 0.15) is 65.7 Å². The smallest absolute Gasteiger partial charge is 0.168 e. The first-order valence-electron chi connectivity index (χ1n) is 10.9. The minimum Gasteiger partial charge on any atom is -0.393 e. The SMILES string of the molecule is C[C@@H](O)[C@H]1CC[C@H]2[C@H]3C[C@H](O)[C@H]4CC5(CC[C@]4(C)[C@@H]3C[C@]12C)OCCO5. The zero-order valence-electron chi connectivity index (χ0n) is 16.6. The maximum atomic E-state index is 11.2. The highest BCUT2D eigenvalue weighted by Gasteiger charge is 2.67. The van der Waals surface area contributed by atoms with Crippen LogP contribution in [0.15, 0.2) is 0 Å². The van der Waals surface area contributed by atoms with Gasteiger partial charge in [-0.3, -0.25) is 0 Å². The van der Waals surface area contributed by atoms with Crippen LogP contribution >= 0.6 is 0 Å². The van der Waals surface area contributed by atoms with Crippen LogP contribution in [-0.4, -0.2) is 41.4 Å². The summed E-state index contributed by atoms with van der Waals surface area (Å²) in [4.78, 5) is 0. The Morgan fingerprint density at radius 2 is 1.65 bits per heavy atom. The van der Waals surface area contributed by atoms with E-state index in [-0.39, 0.29) is 29.0 Å². The Balaban J connectivity index is 1.46. The Hall–Kier alpha value is -0.160. The standard InChI is InChI=1S/C22H36O4/c1-13(23)15-4-5-16-14-10-19(24)18-12-22(25-8-9-26-22)7-6-20(18,2)17(14)11-21(15,16)3/h13-19,23-24H,4-12H2,1-3H3/t13-,14-,15-,16+,17-,18-,19+,20-,21-/m1/s1. The van der Waals surface area contributed by atoms with Crippen LogP contribution in [-0.2, 0) is 9.47 Å². The van der Waals surface area contributed by atoms with E-state index >= 15 is 0 Å². The molecule has 148 valence electrons. The third-order valence-electron chi connectivity index (χ3n) is 9.82. The summed E-state index contributed by atoms with van der Waals surface area (Å²) in [5.41, 5.74) is 0.427. The molecular formula is C22H36O4. The zero-order valence-corrected chi connectivity index (χ0v) is 16.6. The Bertz CT molecular complexity index is 570. The summed E-state index contributed by atoms with van der Waals surface area (Å²) in [7, 11) is 0. The lowest BCUT2D eigenvalue weighted by Gasteiger charge is -2.57. The highest BCUT2D eigenvalue weighted by molar-refractivity contribution is 5.15. The van der Waals surface area contributed by atoms with Crippen LogP contribution in [0, 0.1) is 40.4 Å². The van der Waals surface area contributed by atoms with E-state index in [9.17, 15) is 10.2 Å². The summed E-state index contributed by atoms with van der Waals surface area (Å²) in [5.74, 6) is 2.26. The second-order valence-electron chi connectivity index (χ2n) is 10.7. The number of hydrogen-bond acceptors (Lipinski definition) is 4. The Morgan fingerprint density at radius 1 is 0.923 bits per heavy atom. The maximum absolute atomic E-state index is 11.2. The molecule has 4 heteroatoms. The van der Waals surface area contributed by atoms with E-state index in [0.717, 1.165) is 32.1 Å². The van der Waals surface area contributed by atoms with Gasteiger partial charge in [-0.25, -0.2) is 0 Å². The molecule has 5 fully saturated rings. The highest BCUT2D eigenvalue weighted by atomic mass is 16.7. The number of fused-ring (bicyclic) bond motifs is 5. The van der Waals surface area contributed by atoms with Crippen LogP contribution in [0.3, 0.4) is 0 Å². The lowest BCUT2D eigenvalue weighted by atomic mass is 9.50. The largest absolute Gasteiger partial charge is 0.393 e. The second kappa shape index (κ2) is 5.68. The van der Waals surface area contributed by atoms with Crippen LogP contribution in [0.25, 0.3) is 0 Å². The molecule has 9 atom stereocenters. The van der Waals surface area contributed by atoms with E-state index in [4.69, 9.17) is 9.47 Å². The van der Waals surface area contributed by atoms with Crippen molar-refractivity contribution in [1.29, 1.82) is 0 Å². The van der Waals surface area contributed by atoms with E-state index in [2.05, 4.69) is 13.8 Å². The maximum Gasteiger partial charge on any atom is 0.168 e. The first-order chi connectivity index (χ1) is 12.3. The fourth-order valence-electron chi connectivity index (χ4n) is 8.60. The first kappa shape index (κ1) is 17.9. The summed E-state index contributed by atoms with van der Waals surface area (Å²) in [5, 5.41) is 21.6. The predicted octanol–water partition coefficient (Wildman–Crippen LogP) is 3.35. The van der Waals surface area contributed by atoms with E-state index in [1.807, 2.05) is 6.92 Å². The topological polar surface area (TPSA) is 58.9 Å². The van der Waals surface area contributed by atoms with Crippen molar-refractivity contribution in [3.8, 4) is 0 Å². The molecule has 0 unspecified atom stereocenters. The van der Waals surface area contributed by atoms with Crippen molar-refractivity contribution < 1.29 is 19.7 Å². The average Bonchev–Trinajstić information content (AvgIpc) is 3.24. The summed E-state index contributed by atoms with van der Waals surface area (Å²) in [6, 6.07) is 0. The molecule has 0 amide bonds. The fraction of sp³-hybridized carbons (Fsp3) is 1.00. The van der Waals surface area contributed by atoms with E-state index in [1.165, 1.54) is 12.8 Å². The molecule has 4 saturated carbocycles. The molecule has 0 aromatic rings. The molecule has 4 nitrogen and oxygen atoms in total. The molecule has 5 rings (SSSR count). The number of hydrogen-bond donors (Lipinski definition) is 2. The monoisotopic (exact) mass is 364 g/mol. The van der Waals surface area contributed by atoms with Gasteiger partial charge in [0.15, 0.2) is 5.79 Å². The van der Waals surface area contributed by atoms with E-state index in [0.29, 0.717) is 36.9 Å². The number of aliphatic hydroxyl groups is 2. The van der Waals surface area contributed by atoms with Gasteiger partial charge in [0.2, 0.25) is 0 Å². The van der Waals surface area contributed by atoms with Crippen LogP contribution < -0.4 is 0 Å². The van der Waals surface area contributed by atoms with Crippen LogP contribution in [0.2, 0.25) is 0 Å². The molecule has 0 aromatic carbocycles. The first-order valence-corrected chi connectivity index (χ1v) is 10.9. The Morgan fingerprint density at radius 3 is 2.35 bits per heavy atom. The normalized spacial score (nSPS) is 56.2. The number of rotatable bonds is 1. The van der Waals surface area contributed by atoms with Crippen molar-refractivity contribution in [2.24, 2.45) is 40.4 Å². The van der Waals surface area contributed by atoms with Crippen LogP contribution in [0.5, 0.6) is 0 Å². The van der Waals surface area contributed by atoms with Crippen molar-refractivity contribution in [3.05, 3.63) is 0 Å². The van der Waals surface area contributed by atoms with Gasteiger partial charge in [-0.2, -0.15) is 0 Å². The molecule has 1 heterocycles. The van der Waals surface area contributed by atoms with Gasteiger partial charge < -0.3 is 19.7 Å². The zero-order chi connectivity index (χ0) is 18.3. The van der Waals surface area contributed by atoms with Gasteiger partial charge in [0.05, 0.1) is 25.4 Å². The minimum absolute atomic E-state index is 0.180. The molecule has 0 radical (unpaired) electrons. The molecule has 1 aliphatic heterocycles. The molecule has 0 aromatic heterocycles. The van der Waals surface area contributed by atoms with Gasteiger partial charge in [-0.05, 0) is 79.4 Å². The second-order valence-corrected chi connectivity index (χ2v) is 10.7. The lowest BCUT2D eigenvalue weighted by molar-refractivity contribution is -0.237. The summed E-state index contributed by atoms with van der Waals surface area (Å²) >= 11 is 0. The highest BCUT2D eigenvalue weighted by Crippen LogP contribution is 2.71. The Labute approximate surface area is 157 Å². The van der Waals surface area contributed by atoms with Crippen molar-refractivity contribution in [3.63, 3.8) is 0 Å². The van der Waals surface area contributed by atoms with Gasteiger partial charge >= 0.3 is 0 Å².